The molecule has 1 aliphatic heterocycles. The van der Waals surface area contributed by atoms with Crippen LogP contribution in [0.3, 0.4) is 0 Å². The molecule has 0 aromatic heterocycles. The normalized spacial score (nSPS) is 20.5. The quantitative estimate of drug-likeness (QED) is 0.813. The third kappa shape index (κ3) is 2.98. The molecule has 1 atom stereocenters. The molecule has 1 amide bonds. The van der Waals surface area contributed by atoms with Crippen molar-refractivity contribution in [2.45, 2.75) is 12.5 Å². The molecular formula is C12H16BrN3O. The van der Waals surface area contributed by atoms with Gasteiger partial charge >= 0.3 is 0 Å². The highest BCUT2D eigenvalue weighted by molar-refractivity contribution is 9.10. The van der Waals surface area contributed by atoms with Crippen LogP contribution in [0, 0.1) is 0 Å². The Hall–Kier alpha value is -1.07. The summed E-state index contributed by atoms with van der Waals surface area (Å²) in [7, 11) is 2.06. The average molecular weight is 298 g/mol. The summed E-state index contributed by atoms with van der Waals surface area (Å²) in [6.07, 6.45) is 1.01. The number of amides is 1. The molecule has 2 rings (SSSR count). The lowest BCUT2D eigenvalue weighted by Gasteiger charge is -2.13. The lowest BCUT2D eigenvalue weighted by Crippen LogP contribution is -2.36. The topological polar surface area (TPSA) is 58.4 Å². The average Bonchev–Trinajstić information content (AvgIpc) is 2.68. The zero-order chi connectivity index (χ0) is 12.4. The molecule has 1 aromatic carbocycles. The highest BCUT2D eigenvalue weighted by Gasteiger charge is 2.21. The molecule has 1 aliphatic rings. The number of nitrogens with two attached hydrogens (primary N) is 1. The van der Waals surface area contributed by atoms with Gasteiger partial charge < -0.3 is 16.0 Å². The number of nitrogen functional groups attached to an aromatic ring is 1. The number of halogens is 1. The maximum atomic E-state index is 12.0. The Morgan fingerprint density at radius 3 is 2.94 bits per heavy atom. The molecule has 4 nitrogen and oxygen atoms in total. The first-order valence-corrected chi connectivity index (χ1v) is 6.40. The molecule has 1 heterocycles. The van der Waals surface area contributed by atoms with Gasteiger partial charge in [0, 0.05) is 28.3 Å². The maximum absolute atomic E-state index is 12.0. The van der Waals surface area contributed by atoms with Crippen LogP contribution in [0.5, 0.6) is 0 Å². The van der Waals surface area contributed by atoms with Gasteiger partial charge in [0.25, 0.3) is 5.91 Å². The van der Waals surface area contributed by atoms with Crippen molar-refractivity contribution >= 4 is 27.5 Å². The number of nitrogens with one attached hydrogen (secondary N) is 1. The van der Waals surface area contributed by atoms with Gasteiger partial charge in [0.2, 0.25) is 0 Å². The van der Waals surface area contributed by atoms with E-state index < -0.39 is 0 Å². The molecule has 92 valence electrons. The molecule has 1 aromatic rings. The highest BCUT2D eigenvalue weighted by Crippen LogP contribution is 2.20. The molecule has 1 unspecified atom stereocenters. The summed E-state index contributed by atoms with van der Waals surface area (Å²) in [5, 5.41) is 3.03. The Morgan fingerprint density at radius 1 is 1.59 bits per heavy atom. The molecule has 17 heavy (non-hydrogen) atoms. The first kappa shape index (κ1) is 12.4. The molecule has 0 bridgehead atoms. The van der Waals surface area contributed by atoms with Gasteiger partial charge in [0.1, 0.15) is 0 Å². The Morgan fingerprint density at radius 2 is 2.35 bits per heavy atom. The summed E-state index contributed by atoms with van der Waals surface area (Å²) in [6.45, 7) is 1.96. The van der Waals surface area contributed by atoms with Gasteiger partial charge in [-0.3, -0.25) is 4.79 Å². The van der Waals surface area contributed by atoms with E-state index in [0.717, 1.165) is 24.0 Å². The van der Waals surface area contributed by atoms with Crippen LogP contribution in [0.2, 0.25) is 0 Å². The summed E-state index contributed by atoms with van der Waals surface area (Å²) in [5.74, 6) is -0.0361. The fraction of sp³-hybridized carbons (Fsp3) is 0.417. The van der Waals surface area contributed by atoms with Crippen LogP contribution in [0.15, 0.2) is 22.7 Å². The minimum absolute atomic E-state index is 0.0361. The van der Waals surface area contributed by atoms with Crippen molar-refractivity contribution in [2.75, 3.05) is 25.9 Å². The van der Waals surface area contributed by atoms with E-state index >= 15 is 0 Å². The summed E-state index contributed by atoms with van der Waals surface area (Å²) >= 11 is 3.32. The molecule has 5 heteroatoms. The van der Waals surface area contributed by atoms with Crippen LogP contribution in [0.4, 0.5) is 5.69 Å². The van der Waals surface area contributed by atoms with Crippen molar-refractivity contribution in [3.63, 3.8) is 0 Å². The Bertz CT molecular complexity index is 436. The zero-order valence-corrected chi connectivity index (χ0v) is 11.3. The summed E-state index contributed by atoms with van der Waals surface area (Å²) < 4.78 is 0.758. The second kappa shape index (κ2) is 5.06. The van der Waals surface area contributed by atoms with Crippen LogP contribution in [0.1, 0.15) is 16.8 Å². The van der Waals surface area contributed by atoms with Crippen molar-refractivity contribution in [1.29, 1.82) is 0 Å². The van der Waals surface area contributed by atoms with Crippen LogP contribution in [0.25, 0.3) is 0 Å². The second-order valence-electron chi connectivity index (χ2n) is 4.46. The molecule has 3 N–H and O–H groups in total. The molecule has 0 radical (unpaired) electrons. The number of likely N-dealkylation sites (N-methyl/N-ethyl adjacent to an activating group) is 1. The van der Waals surface area contributed by atoms with Gasteiger partial charge in [0.05, 0.1) is 0 Å². The smallest absolute Gasteiger partial charge is 0.251 e. The van der Waals surface area contributed by atoms with Crippen LogP contribution < -0.4 is 11.1 Å². The van der Waals surface area contributed by atoms with Crippen molar-refractivity contribution in [2.24, 2.45) is 0 Å². The van der Waals surface area contributed by atoms with Gasteiger partial charge in [0.15, 0.2) is 0 Å². The van der Waals surface area contributed by atoms with Crippen molar-refractivity contribution in [3.8, 4) is 0 Å². The summed E-state index contributed by atoms with van der Waals surface area (Å²) in [5.41, 5.74) is 6.97. The Kier molecular flexibility index (Phi) is 3.69. The molecule has 0 saturated carbocycles. The molecule has 0 spiro atoms. The van der Waals surface area contributed by atoms with Gasteiger partial charge in [-0.2, -0.15) is 0 Å². The first-order valence-electron chi connectivity index (χ1n) is 5.60. The Balaban J connectivity index is 2.02. The van der Waals surface area contributed by atoms with Crippen molar-refractivity contribution in [1.82, 2.24) is 10.2 Å². The zero-order valence-electron chi connectivity index (χ0n) is 9.74. The standard InChI is InChI=1S/C12H16BrN3O/c1-16-5-4-9(7-16)15-12(17)8-2-3-11(14)10(13)6-8/h2-3,6,9H,4-5,7,14H2,1H3,(H,15,17). The second-order valence-corrected chi connectivity index (χ2v) is 5.31. The third-order valence-electron chi connectivity index (χ3n) is 2.99. The number of hydrogen-bond acceptors (Lipinski definition) is 3. The fourth-order valence-corrected chi connectivity index (χ4v) is 2.37. The lowest BCUT2D eigenvalue weighted by atomic mass is 10.1. The van der Waals surface area contributed by atoms with Crippen LogP contribution >= 0.6 is 15.9 Å². The van der Waals surface area contributed by atoms with E-state index in [1.165, 1.54) is 0 Å². The first-order chi connectivity index (χ1) is 8.06. The molecular weight excluding hydrogens is 282 g/mol. The molecule has 0 aliphatic carbocycles. The van der Waals surface area contributed by atoms with E-state index in [2.05, 4.69) is 33.2 Å². The predicted molar refractivity (Wildman–Crippen MR) is 71.9 cm³/mol. The van der Waals surface area contributed by atoms with Crippen LogP contribution in [-0.2, 0) is 0 Å². The molecule has 1 fully saturated rings. The van der Waals surface area contributed by atoms with Gasteiger partial charge in [-0.1, -0.05) is 0 Å². The van der Waals surface area contributed by atoms with Crippen molar-refractivity contribution in [3.05, 3.63) is 28.2 Å². The number of rotatable bonds is 2. The monoisotopic (exact) mass is 297 g/mol. The van der Waals surface area contributed by atoms with E-state index in [0.29, 0.717) is 11.3 Å². The fourth-order valence-electron chi connectivity index (χ4n) is 1.99. The van der Waals surface area contributed by atoms with E-state index in [-0.39, 0.29) is 11.9 Å². The largest absolute Gasteiger partial charge is 0.398 e. The minimum Gasteiger partial charge on any atom is -0.398 e. The maximum Gasteiger partial charge on any atom is 0.251 e. The van der Waals surface area contributed by atoms with E-state index in [1.54, 1.807) is 18.2 Å². The van der Waals surface area contributed by atoms with Gasteiger partial charge in [-0.25, -0.2) is 0 Å². The molecule has 1 saturated heterocycles. The minimum atomic E-state index is -0.0361. The number of nitrogens with zero attached hydrogens (tertiary/aromatic N) is 1. The number of anilines is 1. The number of benzene rings is 1. The Labute approximate surface area is 109 Å². The van der Waals surface area contributed by atoms with Gasteiger partial charge in [-0.15, -0.1) is 0 Å². The summed E-state index contributed by atoms with van der Waals surface area (Å²) in [6, 6.07) is 5.49. The van der Waals surface area contributed by atoms with Crippen molar-refractivity contribution < 1.29 is 4.79 Å². The van der Waals surface area contributed by atoms with Gasteiger partial charge in [-0.05, 0) is 54.1 Å². The van der Waals surface area contributed by atoms with E-state index in [4.69, 9.17) is 5.73 Å². The summed E-state index contributed by atoms with van der Waals surface area (Å²) in [4.78, 5) is 14.2. The number of hydrogen-bond donors (Lipinski definition) is 2. The number of likely N-dealkylation sites (tertiary alicyclic amines) is 1. The predicted octanol–water partition coefficient (Wildman–Crippen LogP) is 1.47. The van der Waals surface area contributed by atoms with E-state index in [9.17, 15) is 4.79 Å². The highest BCUT2D eigenvalue weighted by atomic mass is 79.9. The van der Waals surface area contributed by atoms with Crippen LogP contribution in [-0.4, -0.2) is 37.0 Å². The number of carbonyl (C=O) groups is 1. The number of carbonyl (C=O) groups excluding carboxylic acids is 1. The van der Waals surface area contributed by atoms with E-state index in [1.807, 2.05) is 0 Å². The lowest BCUT2D eigenvalue weighted by molar-refractivity contribution is 0.0938. The SMILES string of the molecule is CN1CCC(NC(=O)c2ccc(N)c(Br)c2)C1. The third-order valence-corrected chi connectivity index (χ3v) is 3.68.